The number of amides is 1. The zero-order chi connectivity index (χ0) is 11.7. The summed E-state index contributed by atoms with van der Waals surface area (Å²) >= 11 is 0. The number of nitrogens with zero attached hydrogens (tertiary/aromatic N) is 1. The molecule has 0 radical (unpaired) electrons. The molecule has 1 fully saturated rings. The van der Waals surface area contributed by atoms with Crippen LogP contribution in [0.1, 0.15) is 32.6 Å². The van der Waals surface area contributed by atoms with Gasteiger partial charge in [-0.05, 0) is 12.8 Å². The van der Waals surface area contributed by atoms with Gasteiger partial charge in [-0.1, -0.05) is 13.0 Å². The van der Waals surface area contributed by atoms with Crippen molar-refractivity contribution >= 4 is 11.9 Å². The van der Waals surface area contributed by atoms with Gasteiger partial charge < -0.3 is 10.0 Å². The number of carboxylic acid groups (broad SMARTS) is 1. The Kier molecular flexibility index (Phi) is 7.32. The number of hydrogen-bond acceptors (Lipinski definition) is 2. The third kappa shape index (κ3) is 6.71. The molecule has 0 aromatic rings. The Bertz CT molecular complexity index is 226. The van der Waals surface area contributed by atoms with Crippen molar-refractivity contribution in [2.75, 3.05) is 13.1 Å². The molecule has 0 saturated carbocycles. The van der Waals surface area contributed by atoms with E-state index in [2.05, 4.69) is 6.58 Å². The van der Waals surface area contributed by atoms with Crippen LogP contribution in [0.4, 0.5) is 0 Å². The van der Waals surface area contributed by atoms with E-state index in [4.69, 9.17) is 5.11 Å². The molecule has 15 heavy (non-hydrogen) atoms. The summed E-state index contributed by atoms with van der Waals surface area (Å²) in [6, 6.07) is 0. The maximum atomic E-state index is 10.8. The molecule has 0 unspecified atom stereocenters. The highest BCUT2D eigenvalue weighted by molar-refractivity contribution is 5.78. The van der Waals surface area contributed by atoms with Crippen molar-refractivity contribution in [3.8, 4) is 0 Å². The third-order valence-electron chi connectivity index (χ3n) is 1.98. The van der Waals surface area contributed by atoms with Crippen LogP contribution in [0.3, 0.4) is 0 Å². The van der Waals surface area contributed by atoms with Crippen LogP contribution in [-0.4, -0.2) is 35.0 Å². The van der Waals surface area contributed by atoms with E-state index in [-0.39, 0.29) is 5.91 Å². The fraction of sp³-hybridized carbons (Fsp3) is 0.636. The monoisotopic (exact) mass is 213 g/mol. The zero-order valence-electron chi connectivity index (χ0n) is 9.24. The number of rotatable bonds is 4. The van der Waals surface area contributed by atoms with E-state index in [0.717, 1.165) is 32.4 Å². The van der Waals surface area contributed by atoms with Crippen molar-refractivity contribution in [3.05, 3.63) is 12.7 Å². The van der Waals surface area contributed by atoms with Gasteiger partial charge in [0.05, 0.1) is 0 Å². The van der Waals surface area contributed by atoms with Crippen molar-refractivity contribution < 1.29 is 14.7 Å². The maximum absolute atomic E-state index is 10.8. The van der Waals surface area contributed by atoms with E-state index in [0.29, 0.717) is 6.42 Å². The lowest BCUT2D eigenvalue weighted by atomic mass is 10.4. The summed E-state index contributed by atoms with van der Waals surface area (Å²) < 4.78 is 0. The van der Waals surface area contributed by atoms with Gasteiger partial charge in [0.25, 0.3) is 0 Å². The predicted octanol–water partition coefficient (Wildman–Crippen LogP) is 1.67. The quantitative estimate of drug-likeness (QED) is 0.723. The van der Waals surface area contributed by atoms with E-state index >= 15 is 0 Å². The summed E-state index contributed by atoms with van der Waals surface area (Å²) in [5.41, 5.74) is 0. The minimum absolute atomic E-state index is 0.273. The summed E-state index contributed by atoms with van der Waals surface area (Å²) in [7, 11) is 0. The molecule has 0 bridgehead atoms. The molecule has 0 spiro atoms. The summed E-state index contributed by atoms with van der Waals surface area (Å²) in [4.78, 5) is 22.3. The molecular formula is C11H19NO3. The number of aliphatic carboxylic acids is 1. The maximum Gasteiger partial charge on any atom is 0.303 e. The molecule has 0 atom stereocenters. The minimum Gasteiger partial charge on any atom is -0.481 e. The number of likely N-dealkylation sites (tertiary alicyclic amines) is 1. The lowest BCUT2D eigenvalue weighted by Gasteiger charge is -2.10. The Morgan fingerprint density at radius 2 is 2.33 bits per heavy atom. The van der Waals surface area contributed by atoms with Gasteiger partial charge in [0.1, 0.15) is 0 Å². The third-order valence-corrected chi connectivity index (χ3v) is 1.98. The SMILES string of the molecule is C=CCN1CCCC1=O.CCCC(=O)O. The van der Waals surface area contributed by atoms with Gasteiger partial charge in [-0.3, -0.25) is 9.59 Å². The second-order valence-corrected chi connectivity index (χ2v) is 3.38. The van der Waals surface area contributed by atoms with Crippen molar-refractivity contribution in [2.24, 2.45) is 0 Å². The Hall–Kier alpha value is -1.32. The molecule has 1 aliphatic heterocycles. The minimum atomic E-state index is -0.711. The standard InChI is InChI=1S/C7H11NO.C4H8O2/c1-2-5-8-6-3-4-7(8)9;1-2-3-4(5)6/h2H,1,3-6H2;2-3H2,1H3,(H,5,6). The smallest absolute Gasteiger partial charge is 0.303 e. The lowest BCUT2D eigenvalue weighted by Crippen LogP contribution is -2.24. The molecule has 86 valence electrons. The summed E-state index contributed by atoms with van der Waals surface area (Å²) in [5, 5.41) is 7.91. The molecular weight excluding hydrogens is 194 g/mol. The topological polar surface area (TPSA) is 57.6 Å². The molecule has 1 heterocycles. The van der Waals surface area contributed by atoms with Gasteiger partial charge in [0.15, 0.2) is 0 Å². The molecule has 1 rings (SSSR count). The molecule has 0 aliphatic carbocycles. The Balaban J connectivity index is 0.000000288. The van der Waals surface area contributed by atoms with E-state index in [1.165, 1.54) is 0 Å². The van der Waals surface area contributed by atoms with Crippen LogP contribution < -0.4 is 0 Å². The summed E-state index contributed by atoms with van der Waals surface area (Å²) in [6.45, 7) is 7.05. The van der Waals surface area contributed by atoms with E-state index in [1.54, 1.807) is 6.08 Å². The van der Waals surface area contributed by atoms with Gasteiger partial charge in [0.2, 0.25) is 5.91 Å². The van der Waals surface area contributed by atoms with Crippen molar-refractivity contribution in [2.45, 2.75) is 32.6 Å². The normalized spacial score (nSPS) is 14.5. The Morgan fingerprint density at radius 3 is 2.60 bits per heavy atom. The van der Waals surface area contributed by atoms with Gasteiger partial charge >= 0.3 is 5.97 Å². The summed E-state index contributed by atoms with van der Waals surface area (Å²) in [6.07, 6.45) is 4.54. The van der Waals surface area contributed by atoms with Gasteiger partial charge in [-0.2, -0.15) is 0 Å². The molecule has 4 nitrogen and oxygen atoms in total. The number of carboxylic acids is 1. The fourth-order valence-electron chi connectivity index (χ4n) is 1.27. The van der Waals surface area contributed by atoms with Crippen LogP contribution in [0.2, 0.25) is 0 Å². The van der Waals surface area contributed by atoms with Gasteiger partial charge in [-0.15, -0.1) is 6.58 Å². The van der Waals surface area contributed by atoms with Crippen molar-refractivity contribution in [1.29, 1.82) is 0 Å². The van der Waals surface area contributed by atoms with Crippen LogP contribution >= 0.6 is 0 Å². The van der Waals surface area contributed by atoms with Gasteiger partial charge in [-0.25, -0.2) is 0 Å². The predicted molar refractivity (Wildman–Crippen MR) is 58.6 cm³/mol. The van der Waals surface area contributed by atoms with Crippen LogP contribution in [0.15, 0.2) is 12.7 Å². The van der Waals surface area contributed by atoms with Gasteiger partial charge in [0, 0.05) is 25.9 Å². The Labute approximate surface area is 90.6 Å². The van der Waals surface area contributed by atoms with E-state index in [1.807, 2.05) is 11.8 Å². The highest BCUT2D eigenvalue weighted by atomic mass is 16.4. The van der Waals surface area contributed by atoms with Crippen LogP contribution in [0.5, 0.6) is 0 Å². The highest BCUT2D eigenvalue weighted by Crippen LogP contribution is 2.08. The average molecular weight is 213 g/mol. The largest absolute Gasteiger partial charge is 0.481 e. The molecule has 0 aromatic heterocycles. The first-order valence-corrected chi connectivity index (χ1v) is 5.22. The lowest BCUT2D eigenvalue weighted by molar-refractivity contribution is -0.137. The first-order chi connectivity index (χ1) is 7.11. The molecule has 1 saturated heterocycles. The Morgan fingerprint density at radius 1 is 1.67 bits per heavy atom. The van der Waals surface area contributed by atoms with E-state index < -0.39 is 5.97 Å². The van der Waals surface area contributed by atoms with Crippen LogP contribution in [-0.2, 0) is 9.59 Å². The highest BCUT2D eigenvalue weighted by Gasteiger charge is 2.17. The summed E-state index contributed by atoms with van der Waals surface area (Å²) in [5.74, 6) is -0.438. The van der Waals surface area contributed by atoms with Crippen molar-refractivity contribution in [3.63, 3.8) is 0 Å². The molecule has 0 aromatic carbocycles. The molecule has 4 heteroatoms. The average Bonchev–Trinajstić information content (AvgIpc) is 2.53. The first kappa shape index (κ1) is 13.7. The molecule has 1 aliphatic rings. The number of hydrogen-bond donors (Lipinski definition) is 1. The molecule has 1 amide bonds. The fourth-order valence-corrected chi connectivity index (χ4v) is 1.27. The van der Waals surface area contributed by atoms with Crippen LogP contribution in [0, 0.1) is 0 Å². The zero-order valence-corrected chi connectivity index (χ0v) is 9.24. The number of carbonyl (C=O) groups excluding carboxylic acids is 1. The van der Waals surface area contributed by atoms with Crippen molar-refractivity contribution in [1.82, 2.24) is 4.90 Å². The van der Waals surface area contributed by atoms with Crippen LogP contribution in [0.25, 0.3) is 0 Å². The second-order valence-electron chi connectivity index (χ2n) is 3.38. The number of carbonyl (C=O) groups is 2. The first-order valence-electron chi connectivity index (χ1n) is 5.22. The molecule has 1 N–H and O–H groups in total. The second kappa shape index (κ2) is 8.03. The van der Waals surface area contributed by atoms with E-state index in [9.17, 15) is 9.59 Å².